The maximum absolute atomic E-state index is 12.5. The molecule has 0 saturated heterocycles. The highest BCUT2D eigenvalue weighted by Crippen LogP contribution is 2.37. The van der Waals surface area contributed by atoms with Gasteiger partial charge in [0.05, 0.1) is 10.6 Å². The van der Waals surface area contributed by atoms with Gasteiger partial charge in [0.25, 0.3) is 0 Å². The molecule has 18 heavy (non-hydrogen) atoms. The molecule has 1 saturated carbocycles. The van der Waals surface area contributed by atoms with E-state index in [1.54, 1.807) is 0 Å². The number of alkyl halides is 4. The molecule has 0 atom stereocenters. The molecule has 100 valence electrons. The van der Waals surface area contributed by atoms with Crippen molar-refractivity contribution in [3.05, 3.63) is 22.8 Å². The Labute approximate surface area is 116 Å². The summed E-state index contributed by atoms with van der Waals surface area (Å²) in [5.41, 5.74) is -0.814. The largest absolute Gasteiger partial charge is 0.417 e. The van der Waals surface area contributed by atoms with Crippen molar-refractivity contribution in [3.8, 4) is 0 Å². The molecule has 1 heterocycles. The van der Waals surface area contributed by atoms with Crippen LogP contribution in [-0.2, 0) is 6.18 Å². The van der Waals surface area contributed by atoms with Crippen LogP contribution in [0.3, 0.4) is 0 Å². The number of nitrogens with zero attached hydrogens (tertiary/aromatic N) is 2. The Kier molecular flexibility index (Phi) is 4.06. The van der Waals surface area contributed by atoms with Crippen molar-refractivity contribution < 1.29 is 13.2 Å². The number of hydrogen-bond donors (Lipinski definition) is 0. The van der Waals surface area contributed by atoms with E-state index < -0.39 is 11.7 Å². The van der Waals surface area contributed by atoms with Crippen LogP contribution < -0.4 is 4.90 Å². The summed E-state index contributed by atoms with van der Waals surface area (Å²) in [5, 5.41) is 0.778. The van der Waals surface area contributed by atoms with Gasteiger partial charge in [-0.25, -0.2) is 4.98 Å². The van der Waals surface area contributed by atoms with Gasteiger partial charge >= 0.3 is 6.18 Å². The molecule has 0 spiro atoms. The minimum atomic E-state index is -4.41. The number of anilines is 1. The Balaban J connectivity index is 2.28. The maximum atomic E-state index is 12.5. The molecular weight excluding hydrogens is 332 g/mol. The Morgan fingerprint density at radius 2 is 2.11 bits per heavy atom. The lowest BCUT2D eigenvalue weighted by atomic mass is 10.2. The SMILES string of the molecule is FC(F)(F)c1cnc(N(CCBr)C2CC2)c(Cl)c1. The van der Waals surface area contributed by atoms with Gasteiger partial charge in [-0.1, -0.05) is 27.5 Å². The quantitative estimate of drug-likeness (QED) is 0.765. The molecule has 0 bridgehead atoms. The van der Waals surface area contributed by atoms with Gasteiger partial charge in [-0.2, -0.15) is 13.2 Å². The van der Waals surface area contributed by atoms with Crippen LogP contribution in [-0.4, -0.2) is 22.9 Å². The minimum absolute atomic E-state index is 0.0534. The van der Waals surface area contributed by atoms with Crippen LogP contribution >= 0.6 is 27.5 Å². The van der Waals surface area contributed by atoms with Crippen molar-refractivity contribution in [1.29, 1.82) is 0 Å². The zero-order valence-corrected chi connectivity index (χ0v) is 11.7. The predicted molar refractivity (Wildman–Crippen MR) is 68.4 cm³/mol. The van der Waals surface area contributed by atoms with Crippen LogP contribution in [0.1, 0.15) is 18.4 Å². The molecule has 1 aromatic heterocycles. The zero-order chi connectivity index (χ0) is 13.3. The monoisotopic (exact) mass is 342 g/mol. The van der Waals surface area contributed by atoms with Gasteiger partial charge in [0.1, 0.15) is 5.82 Å². The molecule has 1 fully saturated rings. The lowest BCUT2D eigenvalue weighted by Crippen LogP contribution is -2.29. The molecule has 0 N–H and O–H groups in total. The van der Waals surface area contributed by atoms with E-state index in [-0.39, 0.29) is 5.02 Å². The summed E-state index contributed by atoms with van der Waals surface area (Å²) in [6.45, 7) is 0.683. The third kappa shape index (κ3) is 3.09. The summed E-state index contributed by atoms with van der Waals surface area (Å²) in [6.07, 6.45) is -1.50. The Bertz CT molecular complexity index is 435. The normalized spacial score (nSPS) is 15.8. The van der Waals surface area contributed by atoms with Crippen LogP contribution in [0, 0.1) is 0 Å². The zero-order valence-electron chi connectivity index (χ0n) is 9.34. The molecule has 7 heteroatoms. The topological polar surface area (TPSA) is 16.1 Å². The van der Waals surface area contributed by atoms with Crippen molar-refractivity contribution >= 4 is 33.3 Å². The molecule has 0 amide bonds. The van der Waals surface area contributed by atoms with Gasteiger partial charge in [-0.05, 0) is 18.9 Å². The molecule has 1 aliphatic carbocycles. The fourth-order valence-corrected chi connectivity index (χ4v) is 2.39. The minimum Gasteiger partial charge on any atom is -0.352 e. The first-order valence-electron chi connectivity index (χ1n) is 5.49. The summed E-state index contributed by atoms with van der Waals surface area (Å²) in [5.74, 6) is 0.437. The van der Waals surface area contributed by atoms with Crippen LogP contribution in [0.25, 0.3) is 0 Å². The van der Waals surface area contributed by atoms with Gasteiger partial charge in [-0.3, -0.25) is 0 Å². The van der Waals surface area contributed by atoms with Crippen molar-refractivity contribution in [2.75, 3.05) is 16.8 Å². The van der Waals surface area contributed by atoms with Gasteiger partial charge in [0.15, 0.2) is 0 Å². The highest BCUT2D eigenvalue weighted by atomic mass is 79.9. The maximum Gasteiger partial charge on any atom is 0.417 e. The number of halogens is 5. The second-order valence-corrected chi connectivity index (χ2v) is 5.34. The molecule has 0 aromatic carbocycles. The van der Waals surface area contributed by atoms with Gasteiger partial charge < -0.3 is 4.90 Å². The lowest BCUT2D eigenvalue weighted by Gasteiger charge is -2.23. The fraction of sp³-hybridized carbons (Fsp3) is 0.545. The first kappa shape index (κ1) is 13.9. The van der Waals surface area contributed by atoms with E-state index in [0.29, 0.717) is 18.4 Å². The smallest absolute Gasteiger partial charge is 0.352 e. The van der Waals surface area contributed by atoms with Crippen LogP contribution in [0.2, 0.25) is 5.02 Å². The average molecular weight is 344 g/mol. The summed E-state index contributed by atoms with van der Waals surface area (Å²) in [7, 11) is 0. The number of pyridine rings is 1. The van der Waals surface area contributed by atoms with E-state index in [4.69, 9.17) is 11.6 Å². The second-order valence-electron chi connectivity index (χ2n) is 4.14. The summed E-state index contributed by atoms with van der Waals surface area (Å²) in [6, 6.07) is 1.29. The van der Waals surface area contributed by atoms with E-state index >= 15 is 0 Å². The standard InChI is InChI=1S/C11H11BrClF3N2/c12-3-4-18(8-1-2-8)10-9(13)5-7(6-17-10)11(14,15)16/h5-6,8H,1-4H2. The predicted octanol–water partition coefficient (Wildman–Crippen LogP) is 4.12. The van der Waals surface area contributed by atoms with Crippen molar-refractivity contribution in [1.82, 2.24) is 4.98 Å². The summed E-state index contributed by atoms with van der Waals surface area (Å²) < 4.78 is 37.5. The molecular formula is C11H11BrClF3N2. The van der Waals surface area contributed by atoms with Crippen molar-refractivity contribution in [3.63, 3.8) is 0 Å². The molecule has 0 radical (unpaired) electrons. The Morgan fingerprint density at radius 1 is 1.44 bits per heavy atom. The van der Waals surface area contributed by atoms with Gasteiger partial charge in [-0.15, -0.1) is 0 Å². The first-order chi connectivity index (χ1) is 8.43. The van der Waals surface area contributed by atoms with Crippen LogP contribution in [0.15, 0.2) is 12.3 Å². The molecule has 0 aliphatic heterocycles. The summed E-state index contributed by atoms with van der Waals surface area (Å²) >= 11 is 9.24. The fourth-order valence-electron chi connectivity index (χ4n) is 1.74. The molecule has 2 nitrogen and oxygen atoms in total. The van der Waals surface area contributed by atoms with Crippen molar-refractivity contribution in [2.24, 2.45) is 0 Å². The van der Waals surface area contributed by atoms with E-state index in [1.807, 2.05) is 4.90 Å². The van der Waals surface area contributed by atoms with Gasteiger partial charge in [0.2, 0.25) is 0 Å². The van der Waals surface area contributed by atoms with E-state index in [0.717, 1.165) is 30.4 Å². The first-order valence-corrected chi connectivity index (χ1v) is 6.98. The van der Waals surface area contributed by atoms with E-state index in [1.165, 1.54) is 0 Å². The number of rotatable bonds is 4. The molecule has 0 unspecified atom stereocenters. The third-order valence-corrected chi connectivity index (χ3v) is 3.37. The summed E-state index contributed by atoms with van der Waals surface area (Å²) in [4.78, 5) is 5.83. The van der Waals surface area contributed by atoms with Gasteiger partial charge in [0, 0.05) is 24.1 Å². The Morgan fingerprint density at radius 3 is 2.56 bits per heavy atom. The lowest BCUT2D eigenvalue weighted by molar-refractivity contribution is -0.137. The third-order valence-electron chi connectivity index (χ3n) is 2.73. The second kappa shape index (κ2) is 5.25. The average Bonchev–Trinajstić information content (AvgIpc) is 3.09. The highest BCUT2D eigenvalue weighted by Gasteiger charge is 2.34. The molecule has 1 aliphatic rings. The molecule has 1 aromatic rings. The van der Waals surface area contributed by atoms with Crippen LogP contribution in [0.5, 0.6) is 0 Å². The highest BCUT2D eigenvalue weighted by molar-refractivity contribution is 9.09. The number of hydrogen-bond acceptors (Lipinski definition) is 2. The van der Waals surface area contributed by atoms with Crippen molar-refractivity contribution in [2.45, 2.75) is 25.1 Å². The molecule has 2 rings (SSSR count). The van der Waals surface area contributed by atoms with Crippen LogP contribution in [0.4, 0.5) is 19.0 Å². The van der Waals surface area contributed by atoms with E-state index in [2.05, 4.69) is 20.9 Å². The van der Waals surface area contributed by atoms with E-state index in [9.17, 15) is 13.2 Å². The number of aromatic nitrogens is 1. The Hall–Kier alpha value is -0.490.